The SMILES string of the molecule is CCCCCN1CCCC(COc2ccc(Cc3ccccc3)cc2)C1. The molecule has 1 saturated heterocycles. The van der Waals surface area contributed by atoms with Gasteiger partial charge >= 0.3 is 0 Å². The molecule has 0 aromatic heterocycles. The van der Waals surface area contributed by atoms with E-state index in [1.165, 1.54) is 62.9 Å². The van der Waals surface area contributed by atoms with E-state index >= 15 is 0 Å². The number of hydrogen-bond acceptors (Lipinski definition) is 2. The van der Waals surface area contributed by atoms with Gasteiger partial charge in [0.05, 0.1) is 6.61 Å². The van der Waals surface area contributed by atoms with Gasteiger partial charge in [0.2, 0.25) is 0 Å². The third kappa shape index (κ3) is 6.17. The van der Waals surface area contributed by atoms with Gasteiger partial charge in [-0.3, -0.25) is 0 Å². The molecule has 0 spiro atoms. The molecule has 1 heterocycles. The van der Waals surface area contributed by atoms with Gasteiger partial charge in [0.25, 0.3) is 0 Å². The first-order valence-electron chi connectivity index (χ1n) is 10.3. The second-order valence-corrected chi connectivity index (χ2v) is 7.63. The van der Waals surface area contributed by atoms with Gasteiger partial charge in [-0.25, -0.2) is 0 Å². The molecule has 1 aliphatic rings. The highest BCUT2D eigenvalue weighted by atomic mass is 16.5. The molecule has 2 aromatic carbocycles. The Morgan fingerprint density at radius 1 is 0.962 bits per heavy atom. The largest absolute Gasteiger partial charge is 0.493 e. The van der Waals surface area contributed by atoms with Gasteiger partial charge in [-0.05, 0) is 62.0 Å². The van der Waals surface area contributed by atoms with Gasteiger partial charge < -0.3 is 9.64 Å². The van der Waals surface area contributed by atoms with Crippen molar-refractivity contribution in [1.29, 1.82) is 0 Å². The van der Waals surface area contributed by atoms with E-state index in [4.69, 9.17) is 4.74 Å². The van der Waals surface area contributed by atoms with Gasteiger partial charge in [-0.2, -0.15) is 0 Å². The summed E-state index contributed by atoms with van der Waals surface area (Å²) in [6, 6.07) is 19.3. The quantitative estimate of drug-likeness (QED) is 0.549. The van der Waals surface area contributed by atoms with Crippen molar-refractivity contribution >= 4 is 0 Å². The fourth-order valence-electron chi connectivity index (χ4n) is 3.83. The Hall–Kier alpha value is -1.80. The van der Waals surface area contributed by atoms with E-state index in [1.807, 2.05) is 0 Å². The molecule has 0 amide bonds. The number of likely N-dealkylation sites (tertiary alicyclic amines) is 1. The predicted octanol–water partition coefficient (Wildman–Crippen LogP) is 5.56. The molecule has 3 rings (SSSR count). The smallest absolute Gasteiger partial charge is 0.119 e. The summed E-state index contributed by atoms with van der Waals surface area (Å²) in [6.07, 6.45) is 7.60. The van der Waals surface area contributed by atoms with E-state index in [0.717, 1.165) is 18.8 Å². The van der Waals surface area contributed by atoms with Crippen LogP contribution in [0.1, 0.15) is 50.2 Å². The lowest BCUT2D eigenvalue weighted by Crippen LogP contribution is -2.38. The van der Waals surface area contributed by atoms with Crippen LogP contribution in [0.4, 0.5) is 0 Å². The minimum Gasteiger partial charge on any atom is -0.493 e. The van der Waals surface area contributed by atoms with Gasteiger partial charge in [-0.1, -0.05) is 62.2 Å². The minimum atomic E-state index is 0.675. The van der Waals surface area contributed by atoms with Crippen LogP contribution < -0.4 is 4.74 Å². The summed E-state index contributed by atoms with van der Waals surface area (Å²) in [5, 5.41) is 0. The van der Waals surface area contributed by atoms with Crippen molar-refractivity contribution in [3.05, 3.63) is 65.7 Å². The third-order valence-corrected chi connectivity index (χ3v) is 5.34. The number of rotatable bonds is 9. The first kappa shape index (κ1) is 19.0. The van der Waals surface area contributed by atoms with Gasteiger partial charge in [0.15, 0.2) is 0 Å². The first-order valence-corrected chi connectivity index (χ1v) is 10.3. The maximum atomic E-state index is 6.10. The lowest BCUT2D eigenvalue weighted by atomic mass is 9.98. The Labute approximate surface area is 159 Å². The fourth-order valence-corrected chi connectivity index (χ4v) is 3.83. The Morgan fingerprint density at radius 2 is 1.73 bits per heavy atom. The van der Waals surface area contributed by atoms with Gasteiger partial charge in [0, 0.05) is 12.5 Å². The van der Waals surface area contributed by atoms with Crippen molar-refractivity contribution in [1.82, 2.24) is 4.90 Å². The van der Waals surface area contributed by atoms with E-state index in [2.05, 4.69) is 66.4 Å². The third-order valence-electron chi connectivity index (χ3n) is 5.34. The van der Waals surface area contributed by atoms with Crippen LogP contribution in [0.5, 0.6) is 5.75 Å². The van der Waals surface area contributed by atoms with E-state index in [-0.39, 0.29) is 0 Å². The van der Waals surface area contributed by atoms with Crippen LogP contribution in [0.25, 0.3) is 0 Å². The van der Waals surface area contributed by atoms with E-state index < -0.39 is 0 Å². The molecule has 1 unspecified atom stereocenters. The molecular formula is C24H33NO. The van der Waals surface area contributed by atoms with Gasteiger partial charge in [-0.15, -0.1) is 0 Å². The summed E-state index contributed by atoms with van der Waals surface area (Å²) < 4.78 is 6.10. The average Bonchev–Trinajstić information content (AvgIpc) is 2.69. The van der Waals surface area contributed by atoms with Crippen molar-refractivity contribution < 1.29 is 4.74 Å². The Kier molecular flexibility index (Phi) is 7.57. The zero-order chi connectivity index (χ0) is 18.0. The summed E-state index contributed by atoms with van der Waals surface area (Å²) in [6.45, 7) is 6.86. The van der Waals surface area contributed by atoms with Crippen LogP contribution in [0, 0.1) is 5.92 Å². The van der Waals surface area contributed by atoms with Crippen LogP contribution in [-0.2, 0) is 6.42 Å². The maximum absolute atomic E-state index is 6.10. The highest BCUT2D eigenvalue weighted by Gasteiger charge is 2.20. The molecule has 2 nitrogen and oxygen atoms in total. The number of nitrogens with zero attached hydrogens (tertiary/aromatic N) is 1. The molecule has 2 aromatic rings. The molecule has 1 aliphatic heterocycles. The number of piperidine rings is 1. The molecule has 1 atom stereocenters. The van der Waals surface area contributed by atoms with Crippen molar-refractivity contribution in [2.24, 2.45) is 5.92 Å². The fraction of sp³-hybridized carbons (Fsp3) is 0.500. The monoisotopic (exact) mass is 351 g/mol. The molecule has 0 N–H and O–H groups in total. The molecule has 0 bridgehead atoms. The Bertz CT molecular complexity index is 622. The molecule has 0 saturated carbocycles. The van der Waals surface area contributed by atoms with Gasteiger partial charge in [0.1, 0.15) is 5.75 Å². The zero-order valence-corrected chi connectivity index (χ0v) is 16.2. The number of hydrogen-bond donors (Lipinski definition) is 0. The molecule has 2 heteroatoms. The van der Waals surface area contributed by atoms with E-state index in [1.54, 1.807) is 0 Å². The average molecular weight is 352 g/mol. The lowest BCUT2D eigenvalue weighted by Gasteiger charge is -2.32. The van der Waals surface area contributed by atoms with E-state index in [9.17, 15) is 0 Å². The Balaban J connectivity index is 1.43. The number of benzene rings is 2. The first-order chi connectivity index (χ1) is 12.8. The second-order valence-electron chi connectivity index (χ2n) is 7.63. The summed E-state index contributed by atoms with van der Waals surface area (Å²) >= 11 is 0. The van der Waals surface area contributed by atoms with Crippen LogP contribution in [0.15, 0.2) is 54.6 Å². The summed E-state index contributed by atoms with van der Waals surface area (Å²) in [4.78, 5) is 2.64. The molecular weight excluding hydrogens is 318 g/mol. The van der Waals surface area contributed by atoms with Crippen molar-refractivity contribution in [2.75, 3.05) is 26.2 Å². The van der Waals surface area contributed by atoms with E-state index in [0.29, 0.717) is 5.92 Å². The zero-order valence-electron chi connectivity index (χ0n) is 16.2. The van der Waals surface area contributed by atoms with Crippen LogP contribution in [0.3, 0.4) is 0 Å². The lowest BCUT2D eigenvalue weighted by molar-refractivity contribution is 0.128. The standard InChI is InChI=1S/C24H33NO/c1-2-3-7-16-25-17-8-11-23(19-25)20-26-24-14-12-22(13-15-24)18-21-9-5-4-6-10-21/h4-6,9-10,12-15,23H,2-3,7-8,11,16-20H2,1H3. The van der Waals surface area contributed by atoms with Crippen LogP contribution >= 0.6 is 0 Å². The summed E-state index contributed by atoms with van der Waals surface area (Å²) in [5.41, 5.74) is 2.69. The molecule has 140 valence electrons. The molecule has 0 aliphatic carbocycles. The second kappa shape index (κ2) is 10.4. The number of unbranched alkanes of at least 4 members (excludes halogenated alkanes) is 2. The minimum absolute atomic E-state index is 0.675. The topological polar surface area (TPSA) is 12.5 Å². The van der Waals surface area contributed by atoms with Crippen LogP contribution in [-0.4, -0.2) is 31.1 Å². The predicted molar refractivity (Wildman–Crippen MR) is 110 cm³/mol. The maximum Gasteiger partial charge on any atom is 0.119 e. The van der Waals surface area contributed by atoms with Crippen molar-refractivity contribution in [3.8, 4) is 5.75 Å². The van der Waals surface area contributed by atoms with Crippen molar-refractivity contribution in [2.45, 2.75) is 45.4 Å². The normalized spacial score (nSPS) is 18.0. The molecule has 26 heavy (non-hydrogen) atoms. The molecule has 1 fully saturated rings. The molecule has 0 radical (unpaired) electrons. The number of ether oxygens (including phenoxy) is 1. The summed E-state index contributed by atoms with van der Waals surface area (Å²) in [7, 11) is 0. The Morgan fingerprint density at radius 3 is 2.50 bits per heavy atom. The summed E-state index contributed by atoms with van der Waals surface area (Å²) in [5.74, 6) is 1.68. The highest BCUT2D eigenvalue weighted by Crippen LogP contribution is 2.20. The van der Waals surface area contributed by atoms with Crippen molar-refractivity contribution in [3.63, 3.8) is 0 Å². The van der Waals surface area contributed by atoms with Crippen LogP contribution in [0.2, 0.25) is 0 Å². The highest BCUT2D eigenvalue weighted by molar-refractivity contribution is 5.31.